The van der Waals surface area contributed by atoms with E-state index in [1.54, 1.807) is 30.3 Å². The van der Waals surface area contributed by atoms with Crippen molar-refractivity contribution in [1.82, 2.24) is 10.0 Å². The molecule has 3 aromatic rings. The fourth-order valence-corrected chi connectivity index (χ4v) is 5.10. The van der Waals surface area contributed by atoms with Gasteiger partial charge in [-0.25, -0.2) is 8.42 Å². The van der Waals surface area contributed by atoms with Crippen molar-refractivity contribution in [2.75, 3.05) is 7.11 Å². The van der Waals surface area contributed by atoms with Crippen molar-refractivity contribution in [3.63, 3.8) is 0 Å². The average Bonchev–Trinajstić information content (AvgIpc) is 2.83. The monoisotopic (exact) mass is 500 g/mol. The number of hydrogen-bond donors (Lipinski definition) is 2. The molecule has 0 saturated carbocycles. The first-order chi connectivity index (χ1) is 16.2. The van der Waals surface area contributed by atoms with Gasteiger partial charge in [0.05, 0.1) is 7.11 Å². The van der Waals surface area contributed by atoms with Crippen LogP contribution in [0.15, 0.2) is 77.7 Å². The van der Waals surface area contributed by atoms with Gasteiger partial charge >= 0.3 is 0 Å². The van der Waals surface area contributed by atoms with Crippen LogP contribution in [0, 0.1) is 0 Å². The van der Waals surface area contributed by atoms with Crippen LogP contribution in [0.1, 0.15) is 36.5 Å². The third kappa shape index (κ3) is 6.59. The Balaban J connectivity index is 1.89. The summed E-state index contributed by atoms with van der Waals surface area (Å²) in [4.78, 5) is 13.2. The molecule has 3 rings (SSSR count). The van der Waals surface area contributed by atoms with Gasteiger partial charge in [-0.1, -0.05) is 80.0 Å². The Morgan fingerprint density at radius 3 is 2.32 bits per heavy atom. The van der Waals surface area contributed by atoms with Crippen molar-refractivity contribution in [2.24, 2.45) is 0 Å². The first-order valence-corrected chi connectivity index (χ1v) is 12.8. The Labute approximate surface area is 206 Å². The zero-order chi connectivity index (χ0) is 24.7. The molecule has 0 aliphatic heterocycles. The highest BCUT2D eigenvalue weighted by atomic mass is 35.5. The van der Waals surface area contributed by atoms with Crippen LogP contribution in [0.4, 0.5) is 0 Å². The summed E-state index contributed by atoms with van der Waals surface area (Å²) in [5.41, 5.74) is 2.42. The second kappa shape index (κ2) is 11.5. The third-order valence-electron chi connectivity index (χ3n) is 5.45. The Morgan fingerprint density at radius 2 is 1.68 bits per heavy atom. The summed E-state index contributed by atoms with van der Waals surface area (Å²) in [6.07, 6.45) is 0.181. The molecule has 180 valence electrons. The van der Waals surface area contributed by atoms with Crippen molar-refractivity contribution >= 4 is 27.5 Å². The number of halogens is 1. The number of rotatable bonds is 10. The largest absolute Gasteiger partial charge is 0.495 e. The molecular formula is C26H29ClN2O4S. The number of carbonyl (C=O) groups excluding carboxylic acids is 1. The third-order valence-corrected chi connectivity index (χ3v) is 7.31. The summed E-state index contributed by atoms with van der Waals surface area (Å²) < 4.78 is 34.8. The lowest BCUT2D eigenvalue weighted by atomic mass is 10.0. The second-order valence-corrected chi connectivity index (χ2v) is 10.3. The molecule has 0 aromatic heterocycles. The molecule has 0 heterocycles. The number of amides is 1. The van der Waals surface area contributed by atoms with E-state index in [0.717, 1.165) is 16.7 Å². The summed E-state index contributed by atoms with van der Waals surface area (Å²) in [6.45, 7) is 4.13. The van der Waals surface area contributed by atoms with Crippen LogP contribution in [0.2, 0.25) is 5.02 Å². The number of ether oxygens (including phenoxy) is 1. The lowest BCUT2D eigenvalue weighted by Crippen LogP contribution is -2.47. The minimum atomic E-state index is -4.08. The minimum absolute atomic E-state index is 0.00170. The highest BCUT2D eigenvalue weighted by molar-refractivity contribution is 7.89. The molecule has 3 aromatic carbocycles. The number of hydrogen-bond acceptors (Lipinski definition) is 4. The van der Waals surface area contributed by atoms with Gasteiger partial charge < -0.3 is 10.1 Å². The van der Waals surface area contributed by atoms with Crippen LogP contribution in [0.3, 0.4) is 0 Å². The SMILES string of the molecule is COc1ccc(C(C)C)cc1S(=O)(=O)NC(Cc1ccccc1)C(=O)NCc1ccccc1Cl. The molecule has 34 heavy (non-hydrogen) atoms. The van der Waals surface area contributed by atoms with Gasteiger partial charge in [0.15, 0.2) is 0 Å². The molecule has 1 unspecified atom stereocenters. The van der Waals surface area contributed by atoms with Crippen molar-refractivity contribution < 1.29 is 17.9 Å². The van der Waals surface area contributed by atoms with E-state index in [1.807, 2.05) is 56.3 Å². The van der Waals surface area contributed by atoms with Gasteiger partial charge in [-0.05, 0) is 47.2 Å². The van der Waals surface area contributed by atoms with Crippen molar-refractivity contribution in [3.05, 3.63) is 94.5 Å². The van der Waals surface area contributed by atoms with Crippen LogP contribution >= 0.6 is 11.6 Å². The maximum absolute atomic E-state index is 13.4. The lowest BCUT2D eigenvalue weighted by molar-refractivity contribution is -0.122. The maximum Gasteiger partial charge on any atom is 0.245 e. The minimum Gasteiger partial charge on any atom is -0.495 e. The molecule has 0 fully saturated rings. The highest BCUT2D eigenvalue weighted by Gasteiger charge is 2.28. The van der Waals surface area contributed by atoms with Crippen LogP contribution in [0.5, 0.6) is 5.75 Å². The van der Waals surface area contributed by atoms with E-state index >= 15 is 0 Å². The van der Waals surface area contributed by atoms with Crippen molar-refractivity contribution in [2.45, 2.75) is 43.7 Å². The zero-order valence-electron chi connectivity index (χ0n) is 19.4. The summed E-state index contributed by atoms with van der Waals surface area (Å²) in [7, 11) is -2.66. The van der Waals surface area contributed by atoms with Gasteiger partial charge in [0, 0.05) is 11.6 Å². The summed E-state index contributed by atoms with van der Waals surface area (Å²) in [6, 6.07) is 20.4. The molecule has 0 spiro atoms. The molecule has 0 radical (unpaired) electrons. The van der Waals surface area contributed by atoms with Crippen molar-refractivity contribution in [1.29, 1.82) is 0 Å². The quantitative estimate of drug-likeness (QED) is 0.423. The fourth-order valence-electron chi connectivity index (χ4n) is 3.50. The van der Waals surface area contributed by atoms with E-state index in [1.165, 1.54) is 7.11 Å². The number of carbonyl (C=O) groups is 1. The predicted molar refractivity (Wildman–Crippen MR) is 135 cm³/mol. The van der Waals surface area contributed by atoms with Gasteiger partial charge in [-0.3, -0.25) is 4.79 Å². The molecule has 1 amide bonds. The standard InChI is InChI=1S/C26H29ClN2O4S/c1-18(2)20-13-14-24(33-3)25(16-20)34(31,32)29-23(15-19-9-5-4-6-10-19)26(30)28-17-21-11-7-8-12-22(21)27/h4-14,16,18,23,29H,15,17H2,1-3H3,(H,28,30). The van der Waals surface area contributed by atoms with Gasteiger partial charge in [-0.2, -0.15) is 4.72 Å². The number of benzene rings is 3. The van der Waals surface area contributed by atoms with E-state index in [9.17, 15) is 13.2 Å². The second-order valence-electron chi connectivity index (χ2n) is 8.24. The number of methoxy groups -OCH3 is 1. The van der Waals surface area contributed by atoms with Gasteiger partial charge in [0.1, 0.15) is 16.7 Å². The molecular weight excluding hydrogens is 472 g/mol. The Kier molecular flexibility index (Phi) is 8.72. The molecule has 0 aliphatic rings. The molecule has 0 saturated heterocycles. The molecule has 1 atom stereocenters. The van der Waals surface area contributed by atoms with Crippen LogP contribution < -0.4 is 14.8 Å². The number of nitrogens with one attached hydrogen (secondary N) is 2. The maximum atomic E-state index is 13.4. The van der Waals surface area contributed by atoms with E-state index in [2.05, 4.69) is 10.0 Å². The molecule has 6 nitrogen and oxygen atoms in total. The Hall–Kier alpha value is -2.87. The van der Waals surface area contributed by atoms with Crippen LogP contribution in [0.25, 0.3) is 0 Å². The first-order valence-electron chi connectivity index (χ1n) is 11.0. The first kappa shape index (κ1) is 25.7. The van der Waals surface area contributed by atoms with E-state index < -0.39 is 22.0 Å². The normalized spacial score (nSPS) is 12.4. The smallest absolute Gasteiger partial charge is 0.245 e. The predicted octanol–water partition coefficient (Wildman–Crippen LogP) is 4.68. The van der Waals surface area contributed by atoms with E-state index in [0.29, 0.717) is 5.02 Å². The zero-order valence-corrected chi connectivity index (χ0v) is 21.0. The Morgan fingerprint density at radius 1 is 1.00 bits per heavy atom. The van der Waals surface area contributed by atoms with Gasteiger partial charge in [-0.15, -0.1) is 0 Å². The topological polar surface area (TPSA) is 84.5 Å². The van der Waals surface area contributed by atoms with E-state index in [4.69, 9.17) is 16.3 Å². The number of sulfonamides is 1. The van der Waals surface area contributed by atoms with E-state index in [-0.39, 0.29) is 29.5 Å². The Bertz CT molecular complexity index is 1230. The van der Waals surface area contributed by atoms with Gasteiger partial charge in [0.2, 0.25) is 15.9 Å². The van der Waals surface area contributed by atoms with Gasteiger partial charge in [0.25, 0.3) is 0 Å². The van der Waals surface area contributed by atoms with Crippen molar-refractivity contribution in [3.8, 4) is 5.75 Å². The highest BCUT2D eigenvalue weighted by Crippen LogP contribution is 2.28. The average molecular weight is 501 g/mol. The lowest BCUT2D eigenvalue weighted by Gasteiger charge is -2.20. The molecule has 2 N–H and O–H groups in total. The molecule has 8 heteroatoms. The van der Waals surface area contributed by atoms with Crippen LogP contribution in [-0.4, -0.2) is 27.5 Å². The van der Waals surface area contributed by atoms with Crippen LogP contribution in [-0.2, 0) is 27.8 Å². The summed E-state index contributed by atoms with van der Waals surface area (Å²) >= 11 is 6.20. The fraction of sp³-hybridized carbons (Fsp3) is 0.269. The molecule has 0 bridgehead atoms. The summed E-state index contributed by atoms with van der Waals surface area (Å²) in [5, 5.41) is 3.34. The summed E-state index contributed by atoms with van der Waals surface area (Å²) in [5.74, 6) is -0.114. The molecule has 0 aliphatic carbocycles.